The Balaban J connectivity index is 3.16. The van der Waals surface area contributed by atoms with Gasteiger partial charge in [-0.3, -0.25) is 4.79 Å². The Labute approximate surface area is 119 Å². The van der Waals surface area contributed by atoms with Crippen molar-refractivity contribution in [3.05, 3.63) is 28.8 Å². The van der Waals surface area contributed by atoms with Crippen molar-refractivity contribution in [1.29, 1.82) is 5.26 Å². The van der Waals surface area contributed by atoms with Crippen molar-refractivity contribution in [3.63, 3.8) is 0 Å². The van der Waals surface area contributed by atoms with Crippen molar-refractivity contribution in [2.45, 2.75) is 20.0 Å². The van der Waals surface area contributed by atoms with Gasteiger partial charge in [0.25, 0.3) is 0 Å². The quantitative estimate of drug-likeness (QED) is 0.914. The first kappa shape index (κ1) is 16.3. The highest BCUT2D eigenvalue weighted by Gasteiger charge is 2.35. The van der Waals surface area contributed by atoms with E-state index in [9.17, 15) is 18.0 Å². The highest BCUT2D eigenvalue weighted by atomic mass is 35.5. The van der Waals surface area contributed by atoms with Crippen molar-refractivity contribution < 1.29 is 18.0 Å². The van der Waals surface area contributed by atoms with Crippen LogP contribution in [0.25, 0.3) is 0 Å². The first-order valence-electron chi connectivity index (χ1n) is 5.74. The first-order chi connectivity index (χ1) is 9.18. The van der Waals surface area contributed by atoms with Crippen LogP contribution in [0.5, 0.6) is 0 Å². The van der Waals surface area contributed by atoms with Gasteiger partial charge in [-0.25, -0.2) is 0 Å². The van der Waals surface area contributed by atoms with Crippen LogP contribution in [-0.4, -0.2) is 5.91 Å². The fraction of sp³-hybridized carbons (Fsp3) is 0.385. The van der Waals surface area contributed by atoms with Gasteiger partial charge in [0.05, 0.1) is 22.3 Å². The van der Waals surface area contributed by atoms with E-state index in [1.165, 1.54) is 6.07 Å². The maximum atomic E-state index is 12.8. The first-order valence-corrected chi connectivity index (χ1v) is 6.12. The van der Waals surface area contributed by atoms with Gasteiger partial charge in [-0.05, 0) is 18.1 Å². The molecule has 1 unspecified atom stereocenters. The van der Waals surface area contributed by atoms with Crippen LogP contribution in [0.15, 0.2) is 18.2 Å². The van der Waals surface area contributed by atoms with Gasteiger partial charge in [0.1, 0.15) is 5.92 Å². The summed E-state index contributed by atoms with van der Waals surface area (Å²) in [6, 6.07) is 4.96. The second-order valence-electron chi connectivity index (χ2n) is 4.50. The number of carbonyl (C=O) groups is 1. The molecular weight excluding hydrogens is 293 g/mol. The molecule has 0 bridgehead atoms. The summed E-state index contributed by atoms with van der Waals surface area (Å²) in [5.74, 6) is -2.18. The minimum Gasteiger partial charge on any atom is -0.323 e. The minimum absolute atomic E-state index is 0.228. The predicted molar refractivity (Wildman–Crippen MR) is 69.0 cm³/mol. The summed E-state index contributed by atoms with van der Waals surface area (Å²) in [6.07, 6.45) is -4.65. The summed E-state index contributed by atoms with van der Waals surface area (Å²) in [4.78, 5) is 11.9. The molecule has 1 aromatic carbocycles. The maximum absolute atomic E-state index is 12.8. The summed E-state index contributed by atoms with van der Waals surface area (Å²) in [5.41, 5.74) is -1.56. The molecule has 0 aliphatic rings. The van der Waals surface area contributed by atoms with Gasteiger partial charge >= 0.3 is 6.18 Å². The monoisotopic (exact) mass is 304 g/mol. The zero-order chi connectivity index (χ0) is 15.5. The number of hydrogen-bond acceptors (Lipinski definition) is 2. The highest BCUT2D eigenvalue weighted by Crippen LogP contribution is 2.38. The average molecular weight is 305 g/mol. The molecule has 0 fully saturated rings. The van der Waals surface area contributed by atoms with Crippen LogP contribution >= 0.6 is 11.6 Å². The second kappa shape index (κ2) is 6.14. The predicted octanol–water partition coefficient (Wildman–Crippen LogP) is 4.09. The molecular formula is C13H12ClF3N2O. The Kier molecular flexibility index (Phi) is 5.01. The van der Waals surface area contributed by atoms with Crippen LogP contribution in [-0.2, 0) is 11.0 Å². The van der Waals surface area contributed by atoms with E-state index >= 15 is 0 Å². The lowest BCUT2D eigenvalue weighted by molar-refractivity contribution is -0.137. The van der Waals surface area contributed by atoms with Crippen LogP contribution < -0.4 is 5.32 Å². The van der Waals surface area contributed by atoms with Crippen LogP contribution in [0.4, 0.5) is 18.9 Å². The van der Waals surface area contributed by atoms with Gasteiger partial charge in [-0.15, -0.1) is 0 Å². The Bertz CT molecular complexity index is 550. The number of carbonyl (C=O) groups excluding carboxylic acids is 1. The van der Waals surface area contributed by atoms with Crippen LogP contribution in [0, 0.1) is 23.2 Å². The van der Waals surface area contributed by atoms with Crippen molar-refractivity contribution in [2.24, 2.45) is 11.8 Å². The van der Waals surface area contributed by atoms with E-state index < -0.39 is 29.3 Å². The zero-order valence-corrected chi connectivity index (χ0v) is 11.5. The number of alkyl halides is 3. The Morgan fingerprint density at radius 1 is 1.40 bits per heavy atom. The van der Waals surface area contributed by atoms with Crippen LogP contribution in [0.2, 0.25) is 5.02 Å². The molecule has 1 rings (SSSR count). The van der Waals surface area contributed by atoms with Crippen LogP contribution in [0.1, 0.15) is 19.4 Å². The topological polar surface area (TPSA) is 52.9 Å². The molecule has 1 atom stereocenters. The number of halogens is 4. The summed E-state index contributed by atoms with van der Waals surface area (Å²) in [7, 11) is 0. The SMILES string of the molecule is CC(C)C(C#N)C(=O)Nc1c(Cl)cccc1C(F)(F)F. The molecule has 3 nitrogen and oxygen atoms in total. The lowest BCUT2D eigenvalue weighted by Crippen LogP contribution is -2.27. The highest BCUT2D eigenvalue weighted by molar-refractivity contribution is 6.34. The molecule has 0 saturated carbocycles. The molecule has 7 heteroatoms. The zero-order valence-electron chi connectivity index (χ0n) is 10.8. The van der Waals surface area contributed by atoms with Gasteiger partial charge in [0, 0.05) is 0 Å². The van der Waals surface area contributed by atoms with E-state index in [1.807, 2.05) is 0 Å². The summed E-state index contributed by atoms with van der Waals surface area (Å²) >= 11 is 5.71. The van der Waals surface area contributed by atoms with Gasteiger partial charge in [-0.1, -0.05) is 31.5 Å². The number of anilines is 1. The molecule has 0 aliphatic carbocycles. The molecule has 0 aromatic heterocycles. The van der Waals surface area contributed by atoms with Crippen molar-refractivity contribution in [1.82, 2.24) is 0 Å². The number of amides is 1. The minimum atomic E-state index is -4.65. The number of nitriles is 1. The van der Waals surface area contributed by atoms with E-state index in [0.29, 0.717) is 0 Å². The van der Waals surface area contributed by atoms with Crippen molar-refractivity contribution in [3.8, 4) is 6.07 Å². The molecule has 1 N–H and O–H groups in total. The third-order valence-electron chi connectivity index (χ3n) is 2.66. The van der Waals surface area contributed by atoms with E-state index in [-0.39, 0.29) is 10.9 Å². The van der Waals surface area contributed by atoms with E-state index in [4.69, 9.17) is 16.9 Å². The molecule has 0 heterocycles. The standard InChI is InChI=1S/C13H12ClF3N2O/c1-7(2)8(6-18)12(20)19-11-9(13(15,16)17)4-3-5-10(11)14/h3-5,7-8H,1-2H3,(H,19,20). The molecule has 1 amide bonds. The molecule has 20 heavy (non-hydrogen) atoms. The molecule has 0 radical (unpaired) electrons. The Hall–Kier alpha value is -1.74. The molecule has 0 aliphatic heterocycles. The number of nitrogens with zero attached hydrogens (tertiary/aromatic N) is 1. The van der Waals surface area contributed by atoms with Crippen molar-refractivity contribution >= 4 is 23.2 Å². The van der Waals surface area contributed by atoms with E-state index in [0.717, 1.165) is 12.1 Å². The summed E-state index contributed by atoms with van der Waals surface area (Å²) in [6.45, 7) is 3.26. The Morgan fingerprint density at radius 3 is 2.45 bits per heavy atom. The molecule has 108 valence electrons. The lowest BCUT2D eigenvalue weighted by Gasteiger charge is -2.18. The van der Waals surface area contributed by atoms with Crippen molar-refractivity contribution in [2.75, 3.05) is 5.32 Å². The molecule has 0 saturated heterocycles. The number of benzene rings is 1. The van der Waals surface area contributed by atoms with Crippen LogP contribution in [0.3, 0.4) is 0 Å². The smallest absolute Gasteiger partial charge is 0.323 e. The van der Waals surface area contributed by atoms with Gasteiger partial charge < -0.3 is 5.32 Å². The molecule has 1 aromatic rings. The number of para-hydroxylation sites is 1. The van der Waals surface area contributed by atoms with Gasteiger partial charge in [0.15, 0.2) is 0 Å². The number of hydrogen-bond donors (Lipinski definition) is 1. The fourth-order valence-corrected chi connectivity index (χ4v) is 1.82. The second-order valence-corrected chi connectivity index (χ2v) is 4.91. The fourth-order valence-electron chi connectivity index (χ4n) is 1.60. The van der Waals surface area contributed by atoms with Gasteiger partial charge in [-0.2, -0.15) is 18.4 Å². The normalized spacial score (nSPS) is 12.9. The average Bonchev–Trinajstić information content (AvgIpc) is 2.30. The lowest BCUT2D eigenvalue weighted by atomic mass is 9.96. The summed E-state index contributed by atoms with van der Waals surface area (Å²) < 4.78 is 38.5. The number of rotatable bonds is 3. The van der Waals surface area contributed by atoms with E-state index in [2.05, 4.69) is 5.32 Å². The Morgan fingerprint density at radius 2 is 2.00 bits per heavy atom. The molecule has 0 spiro atoms. The van der Waals surface area contributed by atoms with E-state index in [1.54, 1.807) is 19.9 Å². The third-order valence-corrected chi connectivity index (χ3v) is 2.97. The largest absolute Gasteiger partial charge is 0.418 e. The third kappa shape index (κ3) is 3.64. The maximum Gasteiger partial charge on any atom is 0.418 e. The number of nitrogens with one attached hydrogen (secondary N) is 1. The van der Waals surface area contributed by atoms with Gasteiger partial charge in [0.2, 0.25) is 5.91 Å². The summed E-state index contributed by atoms with van der Waals surface area (Å²) in [5, 5.41) is 10.8.